The third-order valence-corrected chi connectivity index (χ3v) is 4.99. The molecule has 0 radical (unpaired) electrons. The van der Waals surface area contributed by atoms with Gasteiger partial charge in [0.15, 0.2) is 5.96 Å². The van der Waals surface area contributed by atoms with Crippen LogP contribution < -0.4 is 10.1 Å². The highest BCUT2D eigenvalue weighted by Gasteiger charge is 2.26. The quantitative estimate of drug-likeness (QED) is 0.527. The number of benzene rings is 1. The van der Waals surface area contributed by atoms with Crippen LogP contribution in [0.3, 0.4) is 0 Å². The number of aromatic amines is 1. The molecule has 1 aliphatic rings. The summed E-state index contributed by atoms with van der Waals surface area (Å²) in [5, 5.41) is 4.49. The largest absolute Gasteiger partial charge is 0.472 e. The second-order valence-corrected chi connectivity index (χ2v) is 6.87. The maximum atomic E-state index is 13.3. The Bertz CT molecular complexity index is 956. The van der Waals surface area contributed by atoms with Gasteiger partial charge in [-0.1, -0.05) is 6.07 Å². The van der Waals surface area contributed by atoms with Crippen LogP contribution in [0.2, 0.25) is 0 Å². The Morgan fingerprint density at radius 3 is 3.14 bits per heavy atom. The van der Waals surface area contributed by atoms with Crippen molar-refractivity contribution in [3.05, 3.63) is 60.2 Å². The number of aliphatic imine (C=N–C) groups is 1. The van der Waals surface area contributed by atoms with E-state index in [1.54, 1.807) is 13.2 Å². The molecular formula is C21H24FN5O. The molecule has 3 heterocycles. The first kappa shape index (κ1) is 18.3. The Morgan fingerprint density at radius 1 is 1.39 bits per heavy atom. The molecule has 7 heteroatoms. The number of hydrogen-bond donors (Lipinski definition) is 2. The van der Waals surface area contributed by atoms with Gasteiger partial charge in [-0.25, -0.2) is 9.37 Å². The lowest BCUT2D eigenvalue weighted by Crippen LogP contribution is -2.41. The molecule has 1 aliphatic heterocycles. The molecule has 1 atom stereocenters. The van der Waals surface area contributed by atoms with Crippen molar-refractivity contribution >= 4 is 16.9 Å². The Labute approximate surface area is 163 Å². The van der Waals surface area contributed by atoms with E-state index in [-0.39, 0.29) is 11.9 Å². The number of fused-ring (bicyclic) bond motifs is 1. The molecule has 2 N–H and O–H groups in total. The molecule has 4 rings (SSSR count). The van der Waals surface area contributed by atoms with Crippen LogP contribution >= 0.6 is 0 Å². The highest BCUT2D eigenvalue weighted by atomic mass is 19.1. The summed E-state index contributed by atoms with van der Waals surface area (Å²) in [5.41, 5.74) is 1.99. The molecule has 3 aromatic rings. The van der Waals surface area contributed by atoms with Gasteiger partial charge in [-0.3, -0.25) is 4.99 Å². The van der Waals surface area contributed by atoms with Gasteiger partial charge in [0.1, 0.15) is 11.9 Å². The maximum absolute atomic E-state index is 13.3. The molecule has 1 aromatic carbocycles. The molecule has 0 spiro atoms. The van der Waals surface area contributed by atoms with E-state index in [0.29, 0.717) is 5.88 Å². The Kier molecular flexibility index (Phi) is 5.41. The van der Waals surface area contributed by atoms with Crippen molar-refractivity contribution in [1.82, 2.24) is 20.2 Å². The molecule has 1 unspecified atom stereocenters. The van der Waals surface area contributed by atoms with Crippen molar-refractivity contribution in [1.29, 1.82) is 0 Å². The SMILES string of the molecule is CN=C(NCCc1c[nH]c2cc(F)ccc12)N1CCC(Oc2ccccn2)C1. The number of rotatable bonds is 5. The molecule has 0 saturated carbocycles. The number of guanidine groups is 1. The predicted molar refractivity (Wildman–Crippen MR) is 108 cm³/mol. The second-order valence-electron chi connectivity index (χ2n) is 6.87. The molecule has 2 aromatic heterocycles. The van der Waals surface area contributed by atoms with Crippen LogP contribution in [-0.2, 0) is 6.42 Å². The summed E-state index contributed by atoms with van der Waals surface area (Å²) in [6, 6.07) is 10.5. The first-order valence-corrected chi connectivity index (χ1v) is 9.52. The van der Waals surface area contributed by atoms with Crippen LogP contribution in [0.5, 0.6) is 5.88 Å². The summed E-state index contributed by atoms with van der Waals surface area (Å²) < 4.78 is 19.3. The van der Waals surface area contributed by atoms with Crippen LogP contribution in [0.1, 0.15) is 12.0 Å². The number of pyridine rings is 1. The van der Waals surface area contributed by atoms with E-state index in [1.165, 1.54) is 12.1 Å². The minimum Gasteiger partial charge on any atom is -0.472 e. The minimum atomic E-state index is -0.226. The van der Waals surface area contributed by atoms with Gasteiger partial charge in [0.05, 0.1) is 6.54 Å². The first-order chi connectivity index (χ1) is 13.7. The number of ether oxygens (including phenoxy) is 1. The van der Waals surface area contributed by atoms with Crippen LogP contribution in [0, 0.1) is 5.82 Å². The number of nitrogens with zero attached hydrogens (tertiary/aromatic N) is 3. The van der Waals surface area contributed by atoms with E-state index < -0.39 is 0 Å². The van der Waals surface area contributed by atoms with Crippen molar-refractivity contribution in [3.63, 3.8) is 0 Å². The Balaban J connectivity index is 1.30. The number of H-pyrrole nitrogens is 1. The highest BCUT2D eigenvalue weighted by molar-refractivity contribution is 5.83. The van der Waals surface area contributed by atoms with E-state index in [4.69, 9.17) is 4.74 Å². The smallest absolute Gasteiger partial charge is 0.213 e. The van der Waals surface area contributed by atoms with Gasteiger partial charge in [-0.2, -0.15) is 0 Å². The summed E-state index contributed by atoms with van der Waals surface area (Å²) in [7, 11) is 1.80. The maximum Gasteiger partial charge on any atom is 0.213 e. The van der Waals surface area contributed by atoms with E-state index in [0.717, 1.165) is 54.9 Å². The van der Waals surface area contributed by atoms with Gasteiger partial charge in [0.25, 0.3) is 0 Å². The Hall–Kier alpha value is -3.09. The van der Waals surface area contributed by atoms with Crippen molar-refractivity contribution in [2.24, 2.45) is 4.99 Å². The number of halogens is 1. The lowest BCUT2D eigenvalue weighted by molar-refractivity contribution is 0.205. The summed E-state index contributed by atoms with van der Waals surface area (Å²) in [6.07, 6.45) is 5.55. The van der Waals surface area contributed by atoms with Gasteiger partial charge < -0.3 is 19.9 Å². The van der Waals surface area contributed by atoms with E-state index in [2.05, 4.69) is 25.2 Å². The van der Waals surface area contributed by atoms with Crippen molar-refractivity contribution in [2.45, 2.75) is 18.9 Å². The standard InChI is InChI=1S/C21H24FN5O/c1-23-21(27-11-8-17(14-27)28-20-4-2-3-9-24-20)25-10-7-15-13-26-19-12-16(22)5-6-18(15)19/h2-6,9,12-13,17,26H,7-8,10-11,14H2,1H3,(H,23,25). The monoisotopic (exact) mass is 381 g/mol. The lowest BCUT2D eigenvalue weighted by atomic mass is 10.1. The van der Waals surface area contributed by atoms with Gasteiger partial charge in [0.2, 0.25) is 5.88 Å². The fourth-order valence-corrected chi connectivity index (χ4v) is 3.61. The van der Waals surface area contributed by atoms with Crippen molar-refractivity contribution in [3.8, 4) is 5.88 Å². The van der Waals surface area contributed by atoms with E-state index in [1.807, 2.05) is 30.5 Å². The van der Waals surface area contributed by atoms with E-state index >= 15 is 0 Å². The summed E-state index contributed by atoms with van der Waals surface area (Å²) in [6.45, 7) is 2.42. The number of nitrogens with one attached hydrogen (secondary N) is 2. The fourth-order valence-electron chi connectivity index (χ4n) is 3.61. The molecule has 0 amide bonds. The molecule has 0 aliphatic carbocycles. The van der Waals surface area contributed by atoms with Crippen molar-refractivity contribution in [2.75, 3.05) is 26.7 Å². The normalized spacial score (nSPS) is 17.3. The lowest BCUT2D eigenvalue weighted by Gasteiger charge is -2.21. The molecule has 1 fully saturated rings. The fraction of sp³-hybridized carbons (Fsp3) is 0.333. The molecule has 1 saturated heterocycles. The Morgan fingerprint density at radius 2 is 2.32 bits per heavy atom. The molecule has 0 bridgehead atoms. The zero-order valence-electron chi connectivity index (χ0n) is 15.9. The summed E-state index contributed by atoms with van der Waals surface area (Å²) in [5.74, 6) is 1.31. The third kappa shape index (κ3) is 4.08. The molecule has 146 valence electrons. The highest BCUT2D eigenvalue weighted by Crippen LogP contribution is 2.20. The topological polar surface area (TPSA) is 65.5 Å². The minimum absolute atomic E-state index is 0.108. The van der Waals surface area contributed by atoms with Crippen LogP contribution in [-0.4, -0.2) is 53.6 Å². The molecule has 28 heavy (non-hydrogen) atoms. The molecular weight excluding hydrogens is 357 g/mol. The number of likely N-dealkylation sites (tertiary alicyclic amines) is 1. The summed E-state index contributed by atoms with van der Waals surface area (Å²) >= 11 is 0. The summed E-state index contributed by atoms with van der Waals surface area (Å²) in [4.78, 5) is 14.0. The van der Waals surface area contributed by atoms with Crippen LogP contribution in [0.4, 0.5) is 4.39 Å². The van der Waals surface area contributed by atoms with Crippen molar-refractivity contribution < 1.29 is 9.13 Å². The van der Waals surface area contributed by atoms with Crippen LogP contribution in [0.15, 0.2) is 53.8 Å². The van der Waals surface area contributed by atoms with Gasteiger partial charge in [-0.05, 0) is 36.2 Å². The van der Waals surface area contributed by atoms with Gasteiger partial charge in [0, 0.05) is 55.9 Å². The zero-order chi connectivity index (χ0) is 19.3. The third-order valence-electron chi connectivity index (χ3n) is 4.99. The zero-order valence-corrected chi connectivity index (χ0v) is 15.9. The average molecular weight is 381 g/mol. The number of aromatic nitrogens is 2. The molecule has 6 nitrogen and oxygen atoms in total. The number of hydrogen-bond acceptors (Lipinski definition) is 3. The van der Waals surface area contributed by atoms with E-state index in [9.17, 15) is 4.39 Å². The predicted octanol–water partition coefficient (Wildman–Crippen LogP) is 2.97. The average Bonchev–Trinajstić information content (AvgIpc) is 3.33. The van der Waals surface area contributed by atoms with Gasteiger partial charge >= 0.3 is 0 Å². The first-order valence-electron chi connectivity index (χ1n) is 9.52. The van der Waals surface area contributed by atoms with Crippen LogP contribution in [0.25, 0.3) is 10.9 Å². The van der Waals surface area contributed by atoms with Gasteiger partial charge in [-0.15, -0.1) is 0 Å². The second kappa shape index (κ2) is 8.29.